The highest BCUT2D eigenvalue weighted by Gasteiger charge is 2.17. The van der Waals surface area contributed by atoms with Crippen LogP contribution in [0.2, 0.25) is 0 Å². The van der Waals surface area contributed by atoms with Crippen LogP contribution >= 0.6 is 0 Å². The Morgan fingerprint density at radius 3 is 2.88 bits per heavy atom. The molecule has 92 valence electrons. The number of nitrogens with zero attached hydrogens (tertiary/aromatic N) is 2. The topological polar surface area (TPSA) is 90.0 Å². The monoisotopic (exact) mass is 246 g/mol. The van der Waals surface area contributed by atoms with Crippen LogP contribution in [-0.4, -0.2) is 31.3 Å². The van der Waals surface area contributed by atoms with Gasteiger partial charge in [-0.3, -0.25) is 4.68 Å². The van der Waals surface area contributed by atoms with E-state index < -0.39 is 10.0 Å². The molecule has 0 aromatic carbocycles. The quantitative estimate of drug-likeness (QED) is 0.658. The number of aromatic nitrogens is 2. The molecule has 3 N–H and O–H groups in total. The second-order valence-corrected chi connectivity index (χ2v) is 5.09. The smallest absolute Gasteiger partial charge is 0.257 e. The van der Waals surface area contributed by atoms with Crippen molar-refractivity contribution < 1.29 is 8.42 Å². The van der Waals surface area contributed by atoms with E-state index in [0.29, 0.717) is 19.6 Å². The van der Waals surface area contributed by atoms with Gasteiger partial charge in [-0.15, -0.1) is 0 Å². The number of nitrogens with one attached hydrogen (secondary N) is 1. The summed E-state index contributed by atoms with van der Waals surface area (Å²) >= 11 is 0. The fraction of sp³-hybridized carbons (Fsp3) is 0.667. The lowest BCUT2D eigenvalue weighted by atomic mass is 10.3. The van der Waals surface area contributed by atoms with Gasteiger partial charge in [0.15, 0.2) is 5.03 Å². The van der Waals surface area contributed by atoms with Gasteiger partial charge in [-0.05, 0) is 32.4 Å². The molecule has 0 radical (unpaired) electrons. The Kier molecular flexibility index (Phi) is 4.91. The highest BCUT2D eigenvalue weighted by molar-refractivity contribution is 7.89. The highest BCUT2D eigenvalue weighted by atomic mass is 32.2. The van der Waals surface area contributed by atoms with Crippen molar-refractivity contribution >= 4 is 10.0 Å². The number of hydrogen-bond donors (Lipinski definition) is 2. The minimum atomic E-state index is -3.43. The van der Waals surface area contributed by atoms with Crippen LogP contribution in [0.1, 0.15) is 19.8 Å². The third-order valence-electron chi connectivity index (χ3n) is 2.18. The molecule has 0 saturated heterocycles. The molecule has 0 aliphatic rings. The summed E-state index contributed by atoms with van der Waals surface area (Å²) in [5.74, 6) is 0. The van der Waals surface area contributed by atoms with Gasteiger partial charge in [-0.2, -0.15) is 5.10 Å². The molecule has 0 fully saturated rings. The zero-order chi connectivity index (χ0) is 12.0. The van der Waals surface area contributed by atoms with Gasteiger partial charge in [-0.25, -0.2) is 13.1 Å². The molecule has 7 heteroatoms. The molecule has 0 amide bonds. The van der Waals surface area contributed by atoms with Crippen molar-refractivity contribution in [1.82, 2.24) is 14.5 Å². The summed E-state index contributed by atoms with van der Waals surface area (Å²) < 4.78 is 27.6. The summed E-state index contributed by atoms with van der Waals surface area (Å²) in [7, 11) is -3.43. The van der Waals surface area contributed by atoms with Crippen molar-refractivity contribution in [3.63, 3.8) is 0 Å². The van der Waals surface area contributed by atoms with Gasteiger partial charge in [0.05, 0.1) is 6.20 Å². The van der Waals surface area contributed by atoms with Crippen LogP contribution in [0, 0.1) is 0 Å². The van der Waals surface area contributed by atoms with Gasteiger partial charge >= 0.3 is 0 Å². The molecule has 16 heavy (non-hydrogen) atoms. The Balaban J connectivity index is 2.64. The maximum atomic E-state index is 11.8. The standard InChI is InChI=1S/C9H18N4O2S/c1-2-13-9(5-8-11-13)16(14,15)12-7-4-3-6-10/h5,8,12H,2-4,6-7,10H2,1H3. The molecule has 0 unspecified atom stereocenters. The lowest BCUT2D eigenvalue weighted by Gasteiger charge is -2.07. The van der Waals surface area contributed by atoms with Gasteiger partial charge in [0.25, 0.3) is 10.0 Å². The van der Waals surface area contributed by atoms with Gasteiger partial charge < -0.3 is 5.73 Å². The molecule has 0 aliphatic heterocycles. The molecular weight excluding hydrogens is 228 g/mol. The Hall–Kier alpha value is -0.920. The number of unbranched alkanes of at least 4 members (excludes halogenated alkanes) is 1. The summed E-state index contributed by atoms with van der Waals surface area (Å²) in [6, 6.07) is 1.49. The summed E-state index contributed by atoms with van der Waals surface area (Å²) in [5, 5.41) is 4.13. The third kappa shape index (κ3) is 3.29. The second kappa shape index (κ2) is 5.97. The third-order valence-corrected chi connectivity index (χ3v) is 3.66. The van der Waals surface area contributed by atoms with E-state index in [9.17, 15) is 8.42 Å². The maximum absolute atomic E-state index is 11.8. The van der Waals surface area contributed by atoms with Crippen molar-refractivity contribution in [2.75, 3.05) is 13.1 Å². The first-order valence-corrected chi connectivity index (χ1v) is 6.81. The number of hydrogen-bond acceptors (Lipinski definition) is 4. The minimum Gasteiger partial charge on any atom is -0.330 e. The molecule has 1 aromatic heterocycles. The van der Waals surface area contributed by atoms with Crippen LogP contribution in [-0.2, 0) is 16.6 Å². The van der Waals surface area contributed by atoms with E-state index in [-0.39, 0.29) is 5.03 Å². The lowest BCUT2D eigenvalue weighted by molar-refractivity contribution is 0.541. The van der Waals surface area contributed by atoms with E-state index in [0.717, 1.165) is 12.8 Å². The van der Waals surface area contributed by atoms with Gasteiger partial charge in [0.2, 0.25) is 0 Å². The average molecular weight is 246 g/mol. The fourth-order valence-corrected chi connectivity index (χ4v) is 2.59. The highest BCUT2D eigenvalue weighted by Crippen LogP contribution is 2.07. The minimum absolute atomic E-state index is 0.211. The number of sulfonamides is 1. The van der Waals surface area contributed by atoms with Crippen LogP contribution in [0.25, 0.3) is 0 Å². The Labute approximate surface area is 95.9 Å². The molecule has 0 saturated carbocycles. The average Bonchev–Trinajstić information content (AvgIpc) is 2.73. The summed E-state index contributed by atoms with van der Waals surface area (Å²) in [4.78, 5) is 0. The zero-order valence-electron chi connectivity index (χ0n) is 9.39. The summed E-state index contributed by atoms with van der Waals surface area (Å²) in [6.45, 7) is 3.37. The second-order valence-electron chi connectivity index (χ2n) is 3.38. The molecule has 1 rings (SSSR count). The van der Waals surface area contributed by atoms with E-state index in [1.54, 1.807) is 0 Å². The van der Waals surface area contributed by atoms with Crippen LogP contribution in [0.4, 0.5) is 0 Å². The van der Waals surface area contributed by atoms with Crippen molar-refractivity contribution in [2.24, 2.45) is 5.73 Å². The van der Waals surface area contributed by atoms with E-state index in [2.05, 4.69) is 9.82 Å². The van der Waals surface area contributed by atoms with Crippen LogP contribution < -0.4 is 10.5 Å². The molecule has 6 nitrogen and oxygen atoms in total. The number of aryl methyl sites for hydroxylation is 1. The van der Waals surface area contributed by atoms with Crippen molar-refractivity contribution in [3.8, 4) is 0 Å². The molecule has 0 bridgehead atoms. The number of nitrogens with two attached hydrogens (primary N) is 1. The molecule has 0 aliphatic carbocycles. The Morgan fingerprint density at radius 2 is 2.25 bits per heavy atom. The molecule has 1 aromatic rings. The van der Waals surface area contributed by atoms with E-state index in [1.165, 1.54) is 16.9 Å². The first-order chi connectivity index (χ1) is 7.61. The zero-order valence-corrected chi connectivity index (χ0v) is 10.2. The molecular formula is C9H18N4O2S. The van der Waals surface area contributed by atoms with Crippen molar-refractivity contribution in [2.45, 2.75) is 31.3 Å². The SMILES string of the molecule is CCn1nccc1S(=O)(=O)NCCCCN. The van der Waals surface area contributed by atoms with Crippen LogP contribution in [0.3, 0.4) is 0 Å². The molecule has 0 atom stereocenters. The van der Waals surface area contributed by atoms with Crippen LogP contribution in [0.15, 0.2) is 17.3 Å². The fourth-order valence-electron chi connectivity index (χ4n) is 1.34. The normalized spacial score (nSPS) is 11.9. The van der Waals surface area contributed by atoms with Gasteiger partial charge in [0, 0.05) is 13.1 Å². The largest absolute Gasteiger partial charge is 0.330 e. The van der Waals surface area contributed by atoms with E-state index in [4.69, 9.17) is 5.73 Å². The van der Waals surface area contributed by atoms with Crippen molar-refractivity contribution in [1.29, 1.82) is 0 Å². The van der Waals surface area contributed by atoms with Crippen molar-refractivity contribution in [3.05, 3.63) is 12.3 Å². The van der Waals surface area contributed by atoms with E-state index in [1.807, 2.05) is 6.92 Å². The Bertz CT molecular complexity index is 413. The Morgan fingerprint density at radius 1 is 1.50 bits per heavy atom. The lowest BCUT2D eigenvalue weighted by Crippen LogP contribution is -2.27. The maximum Gasteiger partial charge on any atom is 0.257 e. The van der Waals surface area contributed by atoms with Gasteiger partial charge in [-0.1, -0.05) is 0 Å². The number of rotatable bonds is 7. The first-order valence-electron chi connectivity index (χ1n) is 5.33. The summed E-state index contributed by atoms with van der Waals surface area (Å²) in [5.41, 5.74) is 5.33. The van der Waals surface area contributed by atoms with Gasteiger partial charge in [0.1, 0.15) is 0 Å². The molecule has 0 spiro atoms. The first kappa shape index (κ1) is 13.1. The summed E-state index contributed by atoms with van der Waals surface area (Å²) in [6.07, 6.45) is 3.05. The predicted octanol–water partition coefficient (Wildman–Crippen LogP) is -0.0798. The molecule has 1 heterocycles. The van der Waals surface area contributed by atoms with Crippen LogP contribution in [0.5, 0.6) is 0 Å². The predicted molar refractivity (Wildman–Crippen MR) is 61.4 cm³/mol. The van der Waals surface area contributed by atoms with E-state index >= 15 is 0 Å².